The maximum Gasteiger partial charge on any atom is 0.271 e. The van der Waals surface area contributed by atoms with Crippen molar-refractivity contribution >= 4 is 39.6 Å². The van der Waals surface area contributed by atoms with Crippen LogP contribution in [0.15, 0.2) is 30.6 Å². The maximum atomic E-state index is 12.3. The van der Waals surface area contributed by atoms with E-state index in [0.29, 0.717) is 44.6 Å². The van der Waals surface area contributed by atoms with E-state index in [9.17, 15) is 4.79 Å². The zero-order valence-corrected chi connectivity index (χ0v) is 17.6. The van der Waals surface area contributed by atoms with Crippen LogP contribution in [-0.4, -0.2) is 46.8 Å². The van der Waals surface area contributed by atoms with Crippen molar-refractivity contribution in [3.63, 3.8) is 0 Å². The topological polar surface area (TPSA) is 117 Å². The number of pyridine rings is 2. The number of primary amides is 1. The first-order valence-corrected chi connectivity index (χ1v) is 9.35. The quantitative estimate of drug-likeness (QED) is 0.486. The highest BCUT2D eigenvalue weighted by atomic mass is 35.5. The number of methoxy groups -OCH3 is 3. The molecule has 0 saturated carbocycles. The van der Waals surface area contributed by atoms with Crippen molar-refractivity contribution in [3.05, 3.63) is 35.6 Å². The Morgan fingerprint density at radius 2 is 2.03 bits per heavy atom. The Morgan fingerprint density at radius 1 is 1.27 bits per heavy atom. The fourth-order valence-electron chi connectivity index (χ4n) is 3.41. The summed E-state index contributed by atoms with van der Waals surface area (Å²) in [5, 5.41) is 1.33. The Kier molecular flexibility index (Phi) is 4.79. The molecule has 1 unspecified atom stereocenters. The van der Waals surface area contributed by atoms with Gasteiger partial charge in [-0.2, -0.15) is 0 Å². The van der Waals surface area contributed by atoms with Crippen molar-refractivity contribution in [2.24, 2.45) is 5.73 Å². The van der Waals surface area contributed by atoms with Gasteiger partial charge in [0.15, 0.2) is 5.75 Å². The molecule has 3 N–H and O–H groups in total. The van der Waals surface area contributed by atoms with Gasteiger partial charge in [0, 0.05) is 36.5 Å². The molecule has 4 rings (SSSR count). The molecule has 1 atom stereocenters. The van der Waals surface area contributed by atoms with Gasteiger partial charge >= 0.3 is 0 Å². The van der Waals surface area contributed by atoms with Crippen LogP contribution >= 0.6 is 11.6 Å². The molecule has 0 fully saturated rings. The van der Waals surface area contributed by atoms with Crippen LogP contribution in [0.3, 0.4) is 0 Å². The fourth-order valence-corrected chi connectivity index (χ4v) is 3.61. The predicted molar refractivity (Wildman–Crippen MR) is 113 cm³/mol. The number of rotatable bonds is 6. The van der Waals surface area contributed by atoms with Crippen LogP contribution in [0.2, 0.25) is 5.02 Å². The highest BCUT2D eigenvalue weighted by Gasteiger charge is 2.36. The number of nitrogens with two attached hydrogens (primary N) is 1. The Hall–Kier alpha value is -3.30. The maximum absolute atomic E-state index is 12.3. The number of nitrogens with one attached hydrogen (secondary N) is 1. The van der Waals surface area contributed by atoms with E-state index in [0.717, 1.165) is 5.39 Å². The van der Waals surface area contributed by atoms with Gasteiger partial charge in [-0.3, -0.25) is 4.79 Å². The van der Waals surface area contributed by atoms with Crippen molar-refractivity contribution < 1.29 is 19.0 Å². The molecule has 4 aromatic rings. The molecule has 30 heavy (non-hydrogen) atoms. The second-order valence-corrected chi connectivity index (χ2v) is 7.18. The number of amides is 1. The molecule has 4 aromatic heterocycles. The third kappa shape index (κ3) is 2.86. The van der Waals surface area contributed by atoms with Gasteiger partial charge in [-0.15, -0.1) is 0 Å². The number of hydrogen-bond donors (Lipinski definition) is 2. The number of halogens is 1. The molecule has 0 bridgehead atoms. The van der Waals surface area contributed by atoms with Crippen LogP contribution in [0.25, 0.3) is 33.3 Å². The van der Waals surface area contributed by atoms with Gasteiger partial charge < -0.3 is 29.5 Å². The normalized spacial score (nSPS) is 13.5. The van der Waals surface area contributed by atoms with Gasteiger partial charge in [0.2, 0.25) is 5.72 Å². The van der Waals surface area contributed by atoms with Crippen molar-refractivity contribution in [2.75, 3.05) is 21.3 Å². The number of aromatic nitrogens is 4. The number of carbonyl (C=O) groups excluding carboxylic acids is 1. The molecule has 0 aliphatic carbocycles. The van der Waals surface area contributed by atoms with E-state index >= 15 is 0 Å². The summed E-state index contributed by atoms with van der Waals surface area (Å²) in [6.45, 7) is 1.58. The molecule has 0 saturated heterocycles. The fraction of sp³-hybridized carbons (Fsp3) is 0.250. The van der Waals surface area contributed by atoms with Gasteiger partial charge in [0.05, 0.1) is 30.5 Å². The van der Waals surface area contributed by atoms with Gasteiger partial charge in [0.25, 0.3) is 11.8 Å². The molecule has 156 valence electrons. The summed E-state index contributed by atoms with van der Waals surface area (Å²) in [7, 11) is 4.42. The summed E-state index contributed by atoms with van der Waals surface area (Å²) in [6, 6.07) is 5.31. The number of carbonyl (C=O) groups is 1. The SMILES string of the molecule is COc1cc2c(nc1OC)c(-c1cc3c(Cl)ccnc3[nH]1)cn2C(C)(OC)C(N)=O. The lowest BCUT2D eigenvalue weighted by atomic mass is 10.2. The molecule has 0 aliphatic rings. The molecule has 0 aromatic carbocycles. The highest BCUT2D eigenvalue weighted by molar-refractivity contribution is 6.35. The first-order valence-electron chi connectivity index (χ1n) is 8.97. The van der Waals surface area contributed by atoms with Crippen molar-refractivity contribution in [3.8, 4) is 22.9 Å². The van der Waals surface area contributed by atoms with E-state index in [2.05, 4.69) is 15.0 Å². The summed E-state index contributed by atoms with van der Waals surface area (Å²) in [5.41, 5.74) is 7.35. The first-order chi connectivity index (χ1) is 14.3. The lowest BCUT2D eigenvalue weighted by Crippen LogP contribution is -2.45. The molecular weight excluding hydrogens is 410 g/mol. The lowest BCUT2D eigenvalue weighted by Gasteiger charge is -2.27. The Bertz CT molecular complexity index is 1280. The van der Waals surface area contributed by atoms with E-state index < -0.39 is 11.6 Å². The number of fused-ring (bicyclic) bond motifs is 2. The second-order valence-electron chi connectivity index (χ2n) is 6.77. The van der Waals surface area contributed by atoms with E-state index in [1.165, 1.54) is 21.3 Å². The van der Waals surface area contributed by atoms with E-state index in [4.69, 9.17) is 31.5 Å². The average molecular weight is 430 g/mol. The Morgan fingerprint density at radius 3 is 2.63 bits per heavy atom. The number of nitrogens with zero attached hydrogens (tertiary/aromatic N) is 3. The lowest BCUT2D eigenvalue weighted by molar-refractivity contribution is -0.149. The van der Waals surface area contributed by atoms with Crippen molar-refractivity contribution in [2.45, 2.75) is 12.6 Å². The molecule has 0 radical (unpaired) electrons. The van der Waals surface area contributed by atoms with Crippen molar-refractivity contribution in [1.29, 1.82) is 0 Å². The summed E-state index contributed by atoms with van der Waals surface area (Å²) in [5.74, 6) is 0.0410. The van der Waals surface area contributed by atoms with Crippen LogP contribution < -0.4 is 15.2 Å². The van der Waals surface area contributed by atoms with E-state index in [1.54, 1.807) is 36.0 Å². The molecule has 1 amide bonds. The molecule has 4 heterocycles. The largest absolute Gasteiger partial charge is 0.491 e. The molecule has 10 heteroatoms. The highest BCUT2D eigenvalue weighted by Crippen LogP contribution is 2.39. The van der Waals surface area contributed by atoms with Gasteiger partial charge in [0.1, 0.15) is 11.2 Å². The number of aromatic amines is 1. The summed E-state index contributed by atoms with van der Waals surface area (Å²) in [4.78, 5) is 24.4. The third-order valence-electron chi connectivity index (χ3n) is 5.20. The average Bonchev–Trinajstić information content (AvgIpc) is 3.34. The minimum atomic E-state index is -1.46. The van der Waals surface area contributed by atoms with Crippen molar-refractivity contribution in [1.82, 2.24) is 19.5 Å². The van der Waals surface area contributed by atoms with Crippen LogP contribution in [-0.2, 0) is 15.3 Å². The van der Waals surface area contributed by atoms with Crippen LogP contribution in [0.1, 0.15) is 6.92 Å². The van der Waals surface area contributed by atoms with Crippen LogP contribution in [0.5, 0.6) is 11.6 Å². The first kappa shape index (κ1) is 20.0. The van der Waals surface area contributed by atoms with Crippen LogP contribution in [0, 0.1) is 0 Å². The second kappa shape index (κ2) is 7.19. The summed E-state index contributed by atoms with van der Waals surface area (Å²) >= 11 is 6.31. The molecule has 9 nitrogen and oxygen atoms in total. The standard InChI is InChI=1S/C20H20ClN5O4/c1-20(30-4,19(22)27)26-9-11(13-7-10-12(21)5-6-23-17(10)24-13)16-14(26)8-15(28-2)18(25-16)29-3/h5-9H,1-4H3,(H2,22,27)(H,23,24). The van der Waals surface area contributed by atoms with Gasteiger partial charge in [-0.1, -0.05) is 11.6 Å². The molecule has 0 aliphatic heterocycles. The van der Waals surface area contributed by atoms with Gasteiger partial charge in [-0.05, 0) is 19.1 Å². The molecular formula is C20H20ClN5O4. The predicted octanol–water partition coefficient (Wildman–Crippen LogP) is 3.05. The Balaban J connectivity index is 2.08. The zero-order valence-electron chi connectivity index (χ0n) is 16.8. The third-order valence-corrected chi connectivity index (χ3v) is 5.53. The number of hydrogen-bond acceptors (Lipinski definition) is 6. The zero-order chi connectivity index (χ0) is 21.6. The van der Waals surface area contributed by atoms with E-state index in [-0.39, 0.29) is 0 Å². The van der Waals surface area contributed by atoms with Gasteiger partial charge in [-0.25, -0.2) is 9.97 Å². The Labute approximate surface area is 176 Å². The van der Waals surface area contributed by atoms with Crippen LogP contribution in [0.4, 0.5) is 0 Å². The number of ether oxygens (including phenoxy) is 3. The van der Waals surface area contributed by atoms with E-state index in [1.807, 2.05) is 6.07 Å². The number of H-pyrrole nitrogens is 1. The smallest absolute Gasteiger partial charge is 0.271 e. The minimum Gasteiger partial charge on any atom is -0.491 e. The summed E-state index contributed by atoms with van der Waals surface area (Å²) < 4.78 is 17.9. The minimum absolute atomic E-state index is 0.300. The monoisotopic (exact) mass is 429 g/mol. The summed E-state index contributed by atoms with van der Waals surface area (Å²) in [6.07, 6.45) is 3.36. The molecule has 0 spiro atoms.